The van der Waals surface area contributed by atoms with E-state index in [0.717, 1.165) is 12.3 Å². The van der Waals surface area contributed by atoms with Gasteiger partial charge in [-0.15, -0.1) is 0 Å². The molecule has 0 aliphatic carbocycles. The lowest BCUT2D eigenvalue weighted by Gasteiger charge is -2.19. The average Bonchev–Trinajstić information content (AvgIpc) is 2.55. The van der Waals surface area contributed by atoms with E-state index in [0.29, 0.717) is 6.61 Å². The Morgan fingerprint density at radius 1 is 1.06 bits per heavy atom. The molecule has 1 fully saturated rings. The first kappa shape index (κ1) is 15.0. The fourth-order valence-electron chi connectivity index (χ4n) is 2.95. The van der Waals surface area contributed by atoms with Gasteiger partial charge >= 0.3 is 0 Å². The summed E-state index contributed by atoms with van der Waals surface area (Å²) in [5, 5.41) is 8.72. The molecule has 102 valence electrons. The van der Waals surface area contributed by atoms with E-state index in [9.17, 15) is 0 Å². The molecule has 1 saturated heterocycles. The van der Waals surface area contributed by atoms with Crippen LogP contribution in [0.15, 0.2) is 0 Å². The molecular formula is C15H31NO. The highest BCUT2D eigenvalue weighted by molar-refractivity contribution is 4.69. The summed E-state index contributed by atoms with van der Waals surface area (Å²) in [6.07, 6.45) is 11.9. The number of aliphatic hydroxyl groups excluding tert-OH is 1. The van der Waals surface area contributed by atoms with Gasteiger partial charge in [0.1, 0.15) is 0 Å². The van der Waals surface area contributed by atoms with Gasteiger partial charge in [0.05, 0.1) is 0 Å². The molecule has 0 radical (unpaired) electrons. The zero-order valence-electron chi connectivity index (χ0n) is 11.7. The maximum Gasteiger partial charge on any atom is 0.0431 e. The maximum absolute atomic E-state index is 8.72. The summed E-state index contributed by atoms with van der Waals surface area (Å²) in [6.45, 7) is 6.60. The number of likely N-dealkylation sites (tertiary alicyclic amines) is 1. The minimum atomic E-state index is 0.364. The van der Waals surface area contributed by atoms with Gasteiger partial charge in [-0.3, -0.25) is 0 Å². The summed E-state index contributed by atoms with van der Waals surface area (Å²) < 4.78 is 0. The smallest absolute Gasteiger partial charge is 0.0431 e. The molecule has 1 aliphatic heterocycles. The largest absolute Gasteiger partial charge is 0.396 e. The molecule has 0 spiro atoms. The Balaban J connectivity index is 2.05. The zero-order chi connectivity index (χ0) is 12.3. The van der Waals surface area contributed by atoms with E-state index < -0.39 is 0 Å². The van der Waals surface area contributed by atoms with E-state index in [-0.39, 0.29) is 0 Å². The molecule has 1 rings (SSSR count). The van der Waals surface area contributed by atoms with Gasteiger partial charge in [-0.2, -0.15) is 0 Å². The molecule has 1 heterocycles. The lowest BCUT2D eigenvalue weighted by atomic mass is 9.96. The number of hydrogen-bond donors (Lipinski definition) is 1. The monoisotopic (exact) mass is 241 g/mol. The molecule has 2 heteroatoms. The second kappa shape index (κ2) is 9.90. The maximum atomic E-state index is 8.72. The number of rotatable bonds is 8. The molecule has 0 aromatic carbocycles. The highest BCUT2D eigenvalue weighted by atomic mass is 16.2. The van der Waals surface area contributed by atoms with Gasteiger partial charge in [-0.05, 0) is 57.7 Å². The van der Waals surface area contributed by atoms with Crippen molar-refractivity contribution in [1.82, 2.24) is 4.90 Å². The average molecular weight is 241 g/mol. The van der Waals surface area contributed by atoms with E-state index in [2.05, 4.69) is 11.8 Å². The number of hydrogen-bond acceptors (Lipinski definition) is 2. The molecule has 17 heavy (non-hydrogen) atoms. The molecule has 1 aliphatic rings. The van der Waals surface area contributed by atoms with Crippen LogP contribution in [0.4, 0.5) is 0 Å². The van der Waals surface area contributed by atoms with Crippen molar-refractivity contribution in [3.63, 3.8) is 0 Å². The van der Waals surface area contributed by atoms with Crippen LogP contribution < -0.4 is 0 Å². The Morgan fingerprint density at radius 2 is 1.88 bits per heavy atom. The van der Waals surface area contributed by atoms with Crippen molar-refractivity contribution >= 4 is 0 Å². The van der Waals surface area contributed by atoms with Crippen LogP contribution in [0, 0.1) is 5.92 Å². The Labute approximate surface area is 107 Å². The molecule has 2 nitrogen and oxygen atoms in total. The molecule has 1 atom stereocenters. The number of unbranched alkanes of at least 4 members (excludes halogenated alkanes) is 3. The van der Waals surface area contributed by atoms with Crippen LogP contribution in [0.1, 0.15) is 64.7 Å². The molecule has 1 unspecified atom stereocenters. The predicted molar refractivity (Wildman–Crippen MR) is 74.2 cm³/mol. The first-order valence-corrected chi connectivity index (χ1v) is 7.70. The van der Waals surface area contributed by atoms with E-state index in [4.69, 9.17) is 5.11 Å². The van der Waals surface area contributed by atoms with Crippen molar-refractivity contribution in [2.75, 3.05) is 26.2 Å². The van der Waals surface area contributed by atoms with Crippen molar-refractivity contribution in [3.8, 4) is 0 Å². The molecule has 0 saturated carbocycles. The van der Waals surface area contributed by atoms with E-state index in [1.165, 1.54) is 71.0 Å². The van der Waals surface area contributed by atoms with Crippen LogP contribution in [0.5, 0.6) is 0 Å². The van der Waals surface area contributed by atoms with Gasteiger partial charge in [-0.1, -0.05) is 32.6 Å². The topological polar surface area (TPSA) is 23.5 Å². The lowest BCUT2D eigenvalue weighted by Crippen LogP contribution is -2.26. The van der Waals surface area contributed by atoms with Crippen molar-refractivity contribution < 1.29 is 5.11 Å². The van der Waals surface area contributed by atoms with Crippen LogP contribution in [-0.2, 0) is 0 Å². The summed E-state index contributed by atoms with van der Waals surface area (Å²) in [5.74, 6) is 0.999. The standard InChI is InChI=1S/C15H31NO/c1-2-8-15-9-7-12-16(13-10-15)11-5-3-4-6-14-17/h15,17H,2-14H2,1H3. The summed E-state index contributed by atoms with van der Waals surface area (Å²) in [6, 6.07) is 0. The third kappa shape index (κ3) is 7.05. The van der Waals surface area contributed by atoms with E-state index >= 15 is 0 Å². The van der Waals surface area contributed by atoms with Crippen LogP contribution >= 0.6 is 0 Å². The van der Waals surface area contributed by atoms with Crippen molar-refractivity contribution in [2.24, 2.45) is 5.92 Å². The van der Waals surface area contributed by atoms with Crippen LogP contribution in [0.2, 0.25) is 0 Å². The van der Waals surface area contributed by atoms with E-state index in [1.807, 2.05) is 0 Å². The van der Waals surface area contributed by atoms with Gasteiger partial charge in [0.2, 0.25) is 0 Å². The highest BCUT2D eigenvalue weighted by Crippen LogP contribution is 2.22. The summed E-state index contributed by atoms with van der Waals surface area (Å²) in [5.41, 5.74) is 0. The Kier molecular flexibility index (Phi) is 8.72. The zero-order valence-corrected chi connectivity index (χ0v) is 11.7. The van der Waals surface area contributed by atoms with Crippen LogP contribution in [-0.4, -0.2) is 36.2 Å². The van der Waals surface area contributed by atoms with Gasteiger partial charge in [0.25, 0.3) is 0 Å². The van der Waals surface area contributed by atoms with Crippen LogP contribution in [0.3, 0.4) is 0 Å². The first-order chi connectivity index (χ1) is 8.36. The quantitative estimate of drug-likeness (QED) is 0.658. The Hall–Kier alpha value is -0.0800. The van der Waals surface area contributed by atoms with E-state index in [1.54, 1.807) is 0 Å². The van der Waals surface area contributed by atoms with Gasteiger partial charge in [-0.25, -0.2) is 0 Å². The second-order valence-corrected chi connectivity index (χ2v) is 5.57. The summed E-state index contributed by atoms with van der Waals surface area (Å²) >= 11 is 0. The summed E-state index contributed by atoms with van der Waals surface area (Å²) in [7, 11) is 0. The number of nitrogens with zero attached hydrogens (tertiary/aromatic N) is 1. The molecule has 0 aromatic heterocycles. The normalized spacial score (nSPS) is 22.6. The fraction of sp³-hybridized carbons (Fsp3) is 1.00. The third-order valence-electron chi connectivity index (χ3n) is 4.02. The molecule has 0 aromatic rings. The summed E-state index contributed by atoms with van der Waals surface area (Å²) in [4.78, 5) is 2.66. The third-order valence-corrected chi connectivity index (χ3v) is 4.02. The van der Waals surface area contributed by atoms with Crippen molar-refractivity contribution in [3.05, 3.63) is 0 Å². The predicted octanol–water partition coefficient (Wildman–Crippen LogP) is 3.44. The lowest BCUT2D eigenvalue weighted by molar-refractivity contribution is 0.263. The first-order valence-electron chi connectivity index (χ1n) is 7.70. The highest BCUT2D eigenvalue weighted by Gasteiger charge is 2.15. The molecule has 0 bridgehead atoms. The van der Waals surface area contributed by atoms with Crippen molar-refractivity contribution in [1.29, 1.82) is 0 Å². The van der Waals surface area contributed by atoms with Gasteiger partial charge < -0.3 is 10.0 Å². The molecule has 1 N–H and O–H groups in total. The number of aliphatic hydroxyl groups is 1. The minimum absolute atomic E-state index is 0.364. The Morgan fingerprint density at radius 3 is 2.65 bits per heavy atom. The van der Waals surface area contributed by atoms with Gasteiger partial charge in [0, 0.05) is 6.61 Å². The molecule has 0 amide bonds. The second-order valence-electron chi connectivity index (χ2n) is 5.57. The SMILES string of the molecule is CCCC1CCCN(CCCCCCO)CC1. The minimum Gasteiger partial charge on any atom is -0.396 e. The van der Waals surface area contributed by atoms with Crippen molar-refractivity contribution in [2.45, 2.75) is 64.7 Å². The molecular weight excluding hydrogens is 210 g/mol. The fourth-order valence-corrected chi connectivity index (χ4v) is 2.95. The van der Waals surface area contributed by atoms with Gasteiger partial charge in [0.15, 0.2) is 0 Å². The Bertz CT molecular complexity index is 172. The van der Waals surface area contributed by atoms with Crippen LogP contribution in [0.25, 0.3) is 0 Å².